The van der Waals surface area contributed by atoms with Crippen LogP contribution in [0.1, 0.15) is 37.7 Å². The number of carbonyl (C=O) groups excluding carboxylic acids is 1. The maximum Gasteiger partial charge on any atom is 0.319 e. The molecule has 0 aliphatic carbocycles. The third kappa shape index (κ3) is 4.90. The molecule has 2 saturated heterocycles. The van der Waals surface area contributed by atoms with E-state index in [-0.39, 0.29) is 11.4 Å². The van der Waals surface area contributed by atoms with Crippen LogP contribution in [-0.4, -0.2) is 38.9 Å². The van der Waals surface area contributed by atoms with Crippen LogP contribution in [0.4, 0.5) is 16.2 Å². The molecule has 160 valence electrons. The number of piperidine rings is 1. The summed E-state index contributed by atoms with van der Waals surface area (Å²) in [5.41, 5.74) is 2.92. The van der Waals surface area contributed by atoms with Crippen molar-refractivity contribution in [3.63, 3.8) is 0 Å². The lowest BCUT2D eigenvalue weighted by molar-refractivity contribution is 0.0508. The molecule has 2 heterocycles. The number of amides is 2. The summed E-state index contributed by atoms with van der Waals surface area (Å²) in [6.45, 7) is 4.08. The first-order chi connectivity index (χ1) is 14.7. The van der Waals surface area contributed by atoms with Crippen molar-refractivity contribution in [3.05, 3.63) is 59.1 Å². The molecule has 0 spiro atoms. The zero-order valence-corrected chi connectivity index (χ0v) is 18.1. The predicted molar refractivity (Wildman–Crippen MR) is 123 cm³/mol. The Labute approximate surface area is 183 Å². The third-order valence-electron chi connectivity index (χ3n) is 6.33. The molecule has 2 N–H and O–H groups in total. The van der Waals surface area contributed by atoms with E-state index in [1.807, 2.05) is 24.3 Å². The Balaban J connectivity index is 1.38. The molecule has 2 aromatic rings. The van der Waals surface area contributed by atoms with Crippen LogP contribution < -0.4 is 15.5 Å². The second-order valence-electron chi connectivity index (χ2n) is 8.28. The maximum atomic E-state index is 12.6. The lowest BCUT2D eigenvalue weighted by Gasteiger charge is -2.38. The number of nitrogens with zero attached hydrogens (tertiary/aromatic N) is 1. The van der Waals surface area contributed by atoms with Gasteiger partial charge in [-0.2, -0.15) is 0 Å². The van der Waals surface area contributed by atoms with Crippen molar-refractivity contribution in [1.29, 1.82) is 0 Å². The highest BCUT2D eigenvalue weighted by Crippen LogP contribution is 2.34. The highest BCUT2D eigenvalue weighted by Gasteiger charge is 2.34. The molecule has 0 bridgehead atoms. The van der Waals surface area contributed by atoms with E-state index >= 15 is 0 Å². The molecule has 6 heteroatoms. The lowest BCUT2D eigenvalue weighted by Crippen LogP contribution is -2.45. The van der Waals surface area contributed by atoms with Crippen LogP contribution in [0.5, 0.6) is 0 Å². The van der Waals surface area contributed by atoms with Crippen LogP contribution in [0.3, 0.4) is 0 Å². The number of urea groups is 1. The van der Waals surface area contributed by atoms with Crippen molar-refractivity contribution in [2.24, 2.45) is 0 Å². The molecule has 0 unspecified atom stereocenters. The third-order valence-corrected chi connectivity index (χ3v) is 6.63. The minimum absolute atomic E-state index is 0.0907. The normalized spacial score (nSPS) is 18.6. The molecule has 2 aromatic carbocycles. The van der Waals surface area contributed by atoms with Gasteiger partial charge in [0, 0.05) is 44.0 Å². The van der Waals surface area contributed by atoms with E-state index in [0.717, 1.165) is 31.6 Å². The van der Waals surface area contributed by atoms with Crippen LogP contribution in [0.2, 0.25) is 5.02 Å². The van der Waals surface area contributed by atoms with Gasteiger partial charge >= 0.3 is 6.03 Å². The Bertz CT molecular complexity index is 847. The number of rotatable bonds is 5. The largest absolute Gasteiger partial charge is 0.381 e. The molecule has 2 fully saturated rings. The van der Waals surface area contributed by atoms with Crippen LogP contribution in [-0.2, 0) is 10.2 Å². The monoisotopic (exact) mass is 427 g/mol. The summed E-state index contributed by atoms with van der Waals surface area (Å²) >= 11 is 6.52. The van der Waals surface area contributed by atoms with Gasteiger partial charge in [0.25, 0.3) is 0 Å². The van der Waals surface area contributed by atoms with E-state index in [1.165, 1.54) is 24.8 Å². The van der Waals surface area contributed by atoms with Crippen molar-refractivity contribution in [1.82, 2.24) is 5.32 Å². The SMILES string of the molecule is O=C(NCC1(c2ccccc2)CCOCC1)Nc1ccc(N2CCCCC2)c(Cl)c1. The zero-order valence-electron chi connectivity index (χ0n) is 17.3. The first-order valence-electron chi connectivity index (χ1n) is 10.9. The number of hydrogen-bond acceptors (Lipinski definition) is 3. The zero-order chi connectivity index (χ0) is 20.8. The van der Waals surface area contributed by atoms with Crippen LogP contribution in [0.25, 0.3) is 0 Å². The summed E-state index contributed by atoms with van der Waals surface area (Å²) in [7, 11) is 0. The van der Waals surface area contributed by atoms with E-state index in [1.54, 1.807) is 0 Å². The molecule has 0 aromatic heterocycles. The van der Waals surface area contributed by atoms with Gasteiger partial charge in [0.05, 0.1) is 10.7 Å². The molecular weight excluding hydrogens is 398 g/mol. The number of benzene rings is 2. The van der Waals surface area contributed by atoms with Crippen molar-refractivity contribution in [2.45, 2.75) is 37.5 Å². The second-order valence-corrected chi connectivity index (χ2v) is 8.69. The minimum atomic E-state index is -0.210. The Morgan fingerprint density at radius 3 is 2.47 bits per heavy atom. The molecule has 2 aliphatic rings. The number of ether oxygens (including phenoxy) is 1. The van der Waals surface area contributed by atoms with Gasteiger partial charge in [0.15, 0.2) is 0 Å². The fraction of sp³-hybridized carbons (Fsp3) is 0.458. The average Bonchev–Trinajstić information content (AvgIpc) is 2.80. The first-order valence-corrected chi connectivity index (χ1v) is 11.3. The average molecular weight is 428 g/mol. The van der Waals surface area contributed by atoms with Crippen molar-refractivity contribution in [3.8, 4) is 0 Å². The Kier molecular flexibility index (Phi) is 6.80. The highest BCUT2D eigenvalue weighted by atomic mass is 35.5. The van der Waals surface area contributed by atoms with E-state index in [4.69, 9.17) is 16.3 Å². The smallest absolute Gasteiger partial charge is 0.319 e. The van der Waals surface area contributed by atoms with Gasteiger partial charge in [0.2, 0.25) is 0 Å². The summed E-state index contributed by atoms with van der Waals surface area (Å²) in [5.74, 6) is 0. The van der Waals surface area contributed by atoms with Gasteiger partial charge in [-0.05, 0) is 55.9 Å². The van der Waals surface area contributed by atoms with Gasteiger partial charge in [-0.1, -0.05) is 41.9 Å². The van der Waals surface area contributed by atoms with Crippen LogP contribution in [0, 0.1) is 0 Å². The molecule has 2 amide bonds. The van der Waals surface area contributed by atoms with Crippen molar-refractivity contribution < 1.29 is 9.53 Å². The number of hydrogen-bond donors (Lipinski definition) is 2. The predicted octanol–water partition coefficient (Wildman–Crippen LogP) is 5.20. The molecule has 30 heavy (non-hydrogen) atoms. The number of carbonyl (C=O) groups is 1. The quantitative estimate of drug-likeness (QED) is 0.689. The van der Waals surface area contributed by atoms with E-state index in [9.17, 15) is 4.79 Å². The topological polar surface area (TPSA) is 53.6 Å². The maximum absolute atomic E-state index is 12.6. The second kappa shape index (κ2) is 9.71. The molecule has 0 radical (unpaired) electrons. The van der Waals surface area contributed by atoms with Gasteiger partial charge in [-0.3, -0.25) is 0 Å². The molecule has 4 rings (SSSR count). The fourth-order valence-corrected chi connectivity index (χ4v) is 4.82. The van der Waals surface area contributed by atoms with Gasteiger partial charge in [-0.25, -0.2) is 4.79 Å². The number of halogens is 1. The summed E-state index contributed by atoms with van der Waals surface area (Å²) in [6, 6.07) is 16.0. The number of anilines is 2. The Morgan fingerprint density at radius 2 is 1.77 bits per heavy atom. The molecule has 5 nitrogen and oxygen atoms in total. The fourth-order valence-electron chi connectivity index (χ4n) is 4.52. The summed E-state index contributed by atoms with van der Waals surface area (Å²) in [4.78, 5) is 14.9. The van der Waals surface area contributed by atoms with E-state index in [2.05, 4.69) is 39.8 Å². The first kappa shape index (κ1) is 21.0. The Hall–Kier alpha value is -2.24. The standard InChI is InChI=1S/C24H30ClN3O2/c25-21-17-20(9-10-22(21)28-13-5-2-6-14-28)27-23(29)26-18-24(11-15-30-16-12-24)19-7-3-1-4-8-19/h1,3-4,7-10,17H,2,5-6,11-16,18H2,(H2,26,27,29). The van der Waals surface area contributed by atoms with Crippen molar-refractivity contribution in [2.75, 3.05) is 43.1 Å². The van der Waals surface area contributed by atoms with Gasteiger partial charge < -0.3 is 20.3 Å². The van der Waals surface area contributed by atoms with E-state index < -0.39 is 0 Å². The number of nitrogens with one attached hydrogen (secondary N) is 2. The highest BCUT2D eigenvalue weighted by molar-refractivity contribution is 6.33. The molecule has 0 saturated carbocycles. The summed E-state index contributed by atoms with van der Waals surface area (Å²) < 4.78 is 5.58. The minimum Gasteiger partial charge on any atom is -0.381 e. The van der Waals surface area contributed by atoms with Crippen molar-refractivity contribution >= 4 is 29.0 Å². The van der Waals surface area contributed by atoms with Crippen LogP contribution in [0.15, 0.2) is 48.5 Å². The lowest BCUT2D eigenvalue weighted by atomic mass is 9.74. The summed E-state index contributed by atoms with van der Waals surface area (Å²) in [6.07, 6.45) is 5.48. The van der Waals surface area contributed by atoms with Gasteiger partial charge in [0.1, 0.15) is 0 Å². The molecule has 0 atom stereocenters. The van der Waals surface area contributed by atoms with E-state index in [0.29, 0.717) is 30.5 Å². The molecule has 2 aliphatic heterocycles. The van der Waals surface area contributed by atoms with Gasteiger partial charge in [-0.15, -0.1) is 0 Å². The summed E-state index contributed by atoms with van der Waals surface area (Å²) in [5, 5.41) is 6.70. The molecular formula is C24H30ClN3O2. The van der Waals surface area contributed by atoms with Crippen LogP contribution >= 0.6 is 11.6 Å². The Morgan fingerprint density at radius 1 is 1.03 bits per heavy atom.